The first-order valence-corrected chi connectivity index (χ1v) is 9.11. The average Bonchev–Trinajstić information content (AvgIpc) is 3.00. The molecule has 3 rings (SSSR count). The van der Waals surface area contributed by atoms with Gasteiger partial charge in [0, 0.05) is 11.3 Å². The molecule has 0 saturated heterocycles. The molecule has 0 aliphatic rings. The van der Waals surface area contributed by atoms with E-state index in [0.29, 0.717) is 17.1 Å². The van der Waals surface area contributed by atoms with E-state index < -0.39 is 18.2 Å². The van der Waals surface area contributed by atoms with Crippen molar-refractivity contribution in [1.29, 1.82) is 0 Å². The molecule has 1 aromatic heterocycles. The number of hydrogen-bond acceptors (Lipinski definition) is 3. The lowest BCUT2D eigenvalue weighted by Crippen LogP contribution is -2.41. The van der Waals surface area contributed by atoms with Crippen molar-refractivity contribution in [2.45, 2.75) is 26.1 Å². The highest BCUT2D eigenvalue weighted by Crippen LogP contribution is 2.36. The molecule has 158 valence electrons. The molecule has 0 spiro atoms. The summed E-state index contributed by atoms with van der Waals surface area (Å²) in [4.78, 5) is 12.4. The predicted octanol–water partition coefficient (Wildman–Crippen LogP) is 4.92. The summed E-state index contributed by atoms with van der Waals surface area (Å²) in [6.45, 7) is 3.03. The maximum Gasteiger partial charge on any atom is 0.413 e. The Morgan fingerprint density at radius 2 is 1.70 bits per heavy atom. The fraction of sp³-hybridized carbons (Fsp3) is 0.238. The first-order chi connectivity index (χ1) is 14.2. The van der Waals surface area contributed by atoms with E-state index in [1.165, 1.54) is 24.8 Å². The molecule has 2 aromatic carbocycles. The maximum absolute atomic E-state index is 13.9. The summed E-state index contributed by atoms with van der Waals surface area (Å²) in [6.07, 6.45) is -4.72. The number of anilines is 1. The fourth-order valence-corrected chi connectivity index (χ4v) is 3.25. The number of halogens is 3. The maximum atomic E-state index is 13.9. The Morgan fingerprint density at radius 3 is 2.33 bits per heavy atom. The van der Waals surface area contributed by atoms with Gasteiger partial charge in [0.2, 0.25) is 0 Å². The van der Waals surface area contributed by atoms with Gasteiger partial charge in [-0.25, -0.2) is 9.48 Å². The number of rotatable bonds is 5. The number of ether oxygens (including phenoxy) is 1. The predicted molar refractivity (Wildman–Crippen MR) is 107 cm³/mol. The summed E-state index contributed by atoms with van der Waals surface area (Å²) in [5, 5.41) is 8.70. The molecule has 0 bridgehead atoms. The van der Waals surface area contributed by atoms with Crippen LogP contribution in [0.15, 0.2) is 54.6 Å². The third kappa shape index (κ3) is 4.40. The van der Waals surface area contributed by atoms with Crippen molar-refractivity contribution in [2.75, 3.05) is 12.4 Å². The second-order valence-electron chi connectivity index (χ2n) is 6.61. The second-order valence-corrected chi connectivity index (χ2v) is 6.61. The van der Waals surface area contributed by atoms with Gasteiger partial charge in [0.05, 0.1) is 24.2 Å². The van der Waals surface area contributed by atoms with E-state index in [1.807, 2.05) is 5.32 Å². The van der Waals surface area contributed by atoms with Gasteiger partial charge in [-0.05, 0) is 38.1 Å². The van der Waals surface area contributed by atoms with Gasteiger partial charge < -0.3 is 15.4 Å². The van der Waals surface area contributed by atoms with E-state index in [2.05, 4.69) is 10.4 Å². The summed E-state index contributed by atoms with van der Waals surface area (Å²) < 4.78 is 48.3. The van der Waals surface area contributed by atoms with Gasteiger partial charge in [0.1, 0.15) is 5.75 Å². The van der Waals surface area contributed by atoms with Gasteiger partial charge in [0.15, 0.2) is 6.04 Å². The molecule has 3 aromatic rings. The van der Waals surface area contributed by atoms with Crippen LogP contribution in [-0.4, -0.2) is 29.1 Å². The highest BCUT2D eigenvalue weighted by Gasteiger charge is 2.44. The standard InChI is InChI=1S/C21H21F3N4O2/c1-13-18(14(2)28(27-13)15-9-5-4-6-10-15)19(21(22,23)24)26-20(29)25-16-11-7-8-12-17(16)30-3/h4-12,19H,1-3H3,(H2,25,26,29). The number of methoxy groups -OCH3 is 1. The fourth-order valence-electron chi connectivity index (χ4n) is 3.25. The number of alkyl halides is 3. The zero-order valence-corrected chi connectivity index (χ0v) is 16.6. The number of carbonyl (C=O) groups is 1. The van der Waals surface area contributed by atoms with Crippen LogP contribution in [0.25, 0.3) is 5.69 Å². The van der Waals surface area contributed by atoms with Crippen LogP contribution in [-0.2, 0) is 0 Å². The monoisotopic (exact) mass is 418 g/mol. The average molecular weight is 418 g/mol. The van der Waals surface area contributed by atoms with Crippen molar-refractivity contribution in [3.05, 3.63) is 71.5 Å². The molecular weight excluding hydrogens is 397 g/mol. The normalized spacial score (nSPS) is 12.3. The molecule has 9 heteroatoms. The van der Waals surface area contributed by atoms with Crippen LogP contribution in [0.3, 0.4) is 0 Å². The summed E-state index contributed by atoms with van der Waals surface area (Å²) in [6, 6.07) is 12.0. The zero-order chi connectivity index (χ0) is 21.9. The van der Waals surface area contributed by atoms with Gasteiger partial charge in [-0.3, -0.25) is 0 Å². The lowest BCUT2D eigenvalue weighted by Gasteiger charge is -2.23. The van der Waals surface area contributed by atoms with Crippen molar-refractivity contribution in [3.8, 4) is 11.4 Å². The van der Waals surface area contributed by atoms with Crippen LogP contribution in [0.5, 0.6) is 5.75 Å². The van der Waals surface area contributed by atoms with E-state index in [1.54, 1.807) is 55.5 Å². The molecule has 0 aliphatic carbocycles. The number of nitrogens with zero attached hydrogens (tertiary/aromatic N) is 2. The number of amides is 2. The summed E-state index contributed by atoms with van der Waals surface area (Å²) >= 11 is 0. The van der Waals surface area contributed by atoms with Crippen LogP contribution in [0.4, 0.5) is 23.7 Å². The minimum atomic E-state index is -4.72. The Labute approximate surface area is 171 Å². The summed E-state index contributed by atoms with van der Waals surface area (Å²) in [7, 11) is 1.40. The molecule has 2 N–H and O–H groups in total. The van der Waals surface area contributed by atoms with E-state index in [-0.39, 0.29) is 16.9 Å². The van der Waals surface area contributed by atoms with Crippen LogP contribution < -0.4 is 15.4 Å². The first-order valence-electron chi connectivity index (χ1n) is 9.11. The Morgan fingerprint density at radius 1 is 1.07 bits per heavy atom. The first kappa shape index (κ1) is 21.2. The van der Waals surface area contributed by atoms with Gasteiger partial charge >= 0.3 is 12.2 Å². The molecular formula is C21H21F3N4O2. The quantitative estimate of drug-likeness (QED) is 0.618. The van der Waals surface area contributed by atoms with Crippen molar-refractivity contribution < 1.29 is 22.7 Å². The lowest BCUT2D eigenvalue weighted by atomic mass is 10.0. The van der Waals surface area contributed by atoms with Crippen molar-refractivity contribution in [1.82, 2.24) is 15.1 Å². The summed E-state index contributed by atoms with van der Waals surface area (Å²) in [5.41, 5.74) is 1.26. The molecule has 0 aliphatic heterocycles. The number of hydrogen-bond donors (Lipinski definition) is 2. The minimum absolute atomic E-state index is 0.0958. The number of carbonyl (C=O) groups excluding carboxylic acids is 1. The van der Waals surface area contributed by atoms with Crippen LogP contribution in [0.1, 0.15) is 23.0 Å². The molecule has 6 nitrogen and oxygen atoms in total. The third-order valence-electron chi connectivity index (χ3n) is 4.59. The van der Waals surface area contributed by atoms with Crippen molar-refractivity contribution in [3.63, 3.8) is 0 Å². The molecule has 1 heterocycles. The van der Waals surface area contributed by atoms with E-state index in [0.717, 1.165) is 0 Å². The highest BCUT2D eigenvalue weighted by molar-refractivity contribution is 5.91. The summed E-state index contributed by atoms with van der Waals surface area (Å²) in [5.74, 6) is 0.334. The molecule has 1 unspecified atom stereocenters. The van der Waals surface area contributed by atoms with E-state index in [4.69, 9.17) is 4.74 Å². The number of aromatic nitrogens is 2. The van der Waals surface area contributed by atoms with Crippen molar-refractivity contribution in [2.24, 2.45) is 0 Å². The van der Waals surface area contributed by atoms with Gasteiger partial charge in [-0.15, -0.1) is 0 Å². The molecule has 1 atom stereocenters. The third-order valence-corrected chi connectivity index (χ3v) is 4.59. The molecule has 0 radical (unpaired) electrons. The zero-order valence-electron chi connectivity index (χ0n) is 16.6. The topological polar surface area (TPSA) is 68.2 Å². The van der Waals surface area contributed by atoms with Gasteiger partial charge in [-0.1, -0.05) is 30.3 Å². The second kappa shape index (κ2) is 8.48. The smallest absolute Gasteiger partial charge is 0.413 e. The van der Waals surface area contributed by atoms with Crippen LogP contribution >= 0.6 is 0 Å². The Kier molecular flexibility index (Phi) is 6.00. The Bertz CT molecular complexity index is 1030. The SMILES string of the molecule is COc1ccccc1NC(=O)NC(c1c(C)nn(-c2ccccc2)c1C)C(F)(F)F. The molecule has 2 amide bonds. The minimum Gasteiger partial charge on any atom is -0.495 e. The Balaban J connectivity index is 1.92. The Hall–Kier alpha value is -3.49. The van der Waals surface area contributed by atoms with Crippen LogP contribution in [0, 0.1) is 13.8 Å². The molecule has 30 heavy (non-hydrogen) atoms. The van der Waals surface area contributed by atoms with Gasteiger partial charge in [-0.2, -0.15) is 18.3 Å². The number of para-hydroxylation sites is 3. The number of urea groups is 1. The van der Waals surface area contributed by atoms with Gasteiger partial charge in [0.25, 0.3) is 0 Å². The molecule has 0 fully saturated rings. The highest BCUT2D eigenvalue weighted by atomic mass is 19.4. The van der Waals surface area contributed by atoms with Crippen molar-refractivity contribution >= 4 is 11.7 Å². The lowest BCUT2D eigenvalue weighted by molar-refractivity contribution is -0.155. The number of aryl methyl sites for hydroxylation is 1. The molecule has 0 saturated carbocycles. The van der Waals surface area contributed by atoms with Crippen LogP contribution in [0.2, 0.25) is 0 Å². The van der Waals surface area contributed by atoms with E-state index >= 15 is 0 Å². The number of benzene rings is 2. The largest absolute Gasteiger partial charge is 0.495 e. The number of nitrogens with one attached hydrogen (secondary N) is 2. The van der Waals surface area contributed by atoms with E-state index in [9.17, 15) is 18.0 Å².